The molecule has 1 aromatic rings. The van der Waals surface area contributed by atoms with Crippen LogP contribution in [0.25, 0.3) is 0 Å². The average Bonchev–Trinajstić information content (AvgIpc) is 3.01. The SMILES string of the molecule is O=C1CCC(CSCCC(NC(=O)OCc2ccccc2)C(=O)O)N1. The molecule has 1 saturated heterocycles. The quantitative estimate of drug-likeness (QED) is 0.575. The van der Waals surface area contributed by atoms with Crippen LogP contribution in [0.2, 0.25) is 0 Å². The molecule has 0 saturated carbocycles. The van der Waals surface area contributed by atoms with Crippen molar-refractivity contribution in [2.45, 2.75) is 38.0 Å². The summed E-state index contributed by atoms with van der Waals surface area (Å²) in [5.74, 6) is 0.294. The molecule has 1 fully saturated rings. The van der Waals surface area contributed by atoms with Gasteiger partial charge in [-0.25, -0.2) is 9.59 Å². The fourth-order valence-electron chi connectivity index (χ4n) is 2.39. The number of nitrogens with one attached hydrogen (secondary N) is 2. The minimum absolute atomic E-state index is 0.0665. The first-order valence-electron chi connectivity index (χ1n) is 8.11. The summed E-state index contributed by atoms with van der Waals surface area (Å²) in [4.78, 5) is 34.1. The zero-order chi connectivity index (χ0) is 18.1. The third kappa shape index (κ3) is 7.04. The van der Waals surface area contributed by atoms with Crippen LogP contribution in [0.3, 0.4) is 0 Å². The highest BCUT2D eigenvalue weighted by atomic mass is 32.2. The maximum Gasteiger partial charge on any atom is 0.408 e. The highest BCUT2D eigenvalue weighted by Crippen LogP contribution is 2.14. The van der Waals surface area contributed by atoms with E-state index in [1.54, 1.807) is 11.8 Å². The summed E-state index contributed by atoms with van der Waals surface area (Å²) in [6.45, 7) is 0.0924. The smallest absolute Gasteiger partial charge is 0.408 e. The second-order valence-electron chi connectivity index (χ2n) is 5.76. The van der Waals surface area contributed by atoms with Crippen LogP contribution >= 0.6 is 11.8 Å². The topological polar surface area (TPSA) is 105 Å². The molecule has 2 amide bonds. The van der Waals surface area contributed by atoms with E-state index in [0.29, 0.717) is 18.6 Å². The van der Waals surface area contributed by atoms with Crippen LogP contribution in [0.1, 0.15) is 24.8 Å². The first-order valence-corrected chi connectivity index (χ1v) is 9.27. The van der Waals surface area contributed by atoms with E-state index in [0.717, 1.165) is 17.7 Å². The van der Waals surface area contributed by atoms with Gasteiger partial charge in [0.25, 0.3) is 0 Å². The van der Waals surface area contributed by atoms with Crippen LogP contribution < -0.4 is 10.6 Å². The van der Waals surface area contributed by atoms with Crippen molar-refractivity contribution in [1.82, 2.24) is 10.6 Å². The Morgan fingerprint density at radius 1 is 1.36 bits per heavy atom. The second kappa shape index (κ2) is 9.93. The molecule has 0 aliphatic carbocycles. The van der Waals surface area contributed by atoms with Crippen molar-refractivity contribution < 1.29 is 24.2 Å². The van der Waals surface area contributed by atoms with Gasteiger partial charge in [0.05, 0.1) is 0 Å². The minimum Gasteiger partial charge on any atom is -0.480 e. The maximum absolute atomic E-state index is 11.8. The van der Waals surface area contributed by atoms with Crippen molar-refractivity contribution in [2.24, 2.45) is 0 Å². The van der Waals surface area contributed by atoms with Crippen molar-refractivity contribution in [3.05, 3.63) is 35.9 Å². The Kier molecular flexibility index (Phi) is 7.59. The van der Waals surface area contributed by atoms with E-state index in [-0.39, 0.29) is 18.6 Å². The molecule has 1 aliphatic rings. The number of amides is 2. The lowest BCUT2D eigenvalue weighted by Gasteiger charge is -2.15. The Bertz CT molecular complexity index is 596. The maximum atomic E-state index is 11.8. The molecule has 0 aromatic heterocycles. The molecule has 2 unspecified atom stereocenters. The molecular weight excluding hydrogens is 344 g/mol. The van der Waals surface area contributed by atoms with Gasteiger partial charge in [-0.1, -0.05) is 30.3 Å². The zero-order valence-electron chi connectivity index (χ0n) is 13.8. The van der Waals surface area contributed by atoms with Crippen molar-refractivity contribution in [2.75, 3.05) is 11.5 Å². The van der Waals surface area contributed by atoms with E-state index >= 15 is 0 Å². The van der Waals surface area contributed by atoms with Crippen molar-refractivity contribution in [3.8, 4) is 0 Å². The Labute approximate surface area is 150 Å². The van der Waals surface area contributed by atoms with Crippen LogP contribution in [0.4, 0.5) is 4.79 Å². The van der Waals surface area contributed by atoms with E-state index in [9.17, 15) is 19.5 Å². The van der Waals surface area contributed by atoms with Crippen LogP contribution in [0, 0.1) is 0 Å². The molecule has 0 radical (unpaired) electrons. The van der Waals surface area contributed by atoms with Gasteiger partial charge in [-0.3, -0.25) is 4.79 Å². The van der Waals surface area contributed by atoms with Crippen LogP contribution in [-0.4, -0.2) is 46.7 Å². The van der Waals surface area contributed by atoms with Crippen molar-refractivity contribution >= 4 is 29.7 Å². The predicted molar refractivity (Wildman–Crippen MR) is 94.3 cm³/mol. The largest absolute Gasteiger partial charge is 0.480 e. The summed E-state index contributed by atoms with van der Waals surface area (Å²) in [6.07, 6.45) is 0.918. The van der Waals surface area contributed by atoms with Crippen molar-refractivity contribution in [1.29, 1.82) is 0 Å². The Balaban J connectivity index is 1.66. The van der Waals surface area contributed by atoms with E-state index in [1.807, 2.05) is 30.3 Å². The van der Waals surface area contributed by atoms with E-state index in [1.165, 1.54) is 0 Å². The predicted octanol–water partition coefficient (Wildman–Crippen LogP) is 1.77. The number of ether oxygens (including phenoxy) is 1. The zero-order valence-corrected chi connectivity index (χ0v) is 14.6. The fraction of sp³-hybridized carbons (Fsp3) is 0.471. The number of carboxylic acid groups (broad SMARTS) is 1. The summed E-state index contributed by atoms with van der Waals surface area (Å²) in [6, 6.07) is 8.33. The van der Waals surface area contributed by atoms with Gasteiger partial charge >= 0.3 is 12.1 Å². The van der Waals surface area contributed by atoms with Crippen LogP contribution in [0.5, 0.6) is 0 Å². The number of carbonyl (C=O) groups excluding carboxylic acids is 2. The molecule has 0 spiro atoms. The molecule has 1 aliphatic heterocycles. The first-order chi connectivity index (χ1) is 12.0. The molecule has 1 heterocycles. The average molecular weight is 366 g/mol. The molecule has 25 heavy (non-hydrogen) atoms. The summed E-state index contributed by atoms with van der Waals surface area (Å²) in [5, 5.41) is 14.5. The van der Waals surface area contributed by atoms with E-state index < -0.39 is 18.1 Å². The van der Waals surface area contributed by atoms with Gasteiger partial charge in [-0.05, 0) is 24.2 Å². The first kappa shape index (κ1) is 19.1. The molecule has 2 atom stereocenters. The number of carboxylic acids is 1. The monoisotopic (exact) mass is 366 g/mol. The lowest BCUT2D eigenvalue weighted by atomic mass is 10.2. The summed E-state index contributed by atoms with van der Waals surface area (Å²) in [7, 11) is 0. The third-order valence-corrected chi connectivity index (χ3v) is 4.92. The Morgan fingerprint density at radius 2 is 2.12 bits per heavy atom. The summed E-state index contributed by atoms with van der Waals surface area (Å²) < 4.78 is 5.04. The van der Waals surface area contributed by atoms with Gasteiger partial charge in [-0.15, -0.1) is 0 Å². The van der Waals surface area contributed by atoms with Crippen LogP contribution in [0.15, 0.2) is 30.3 Å². The molecule has 0 bridgehead atoms. The molecular formula is C17H22N2O5S. The molecule has 1 aromatic carbocycles. The van der Waals surface area contributed by atoms with Gasteiger partial charge in [0.15, 0.2) is 0 Å². The summed E-state index contributed by atoms with van der Waals surface area (Å²) in [5.41, 5.74) is 0.832. The van der Waals surface area contributed by atoms with Gasteiger partial charge in [0.1, 0.15) is 12.6 Å². The van der Waals surface area contributed by atoms with E-state index in [4.69, 9.17) is 4.74 Å². The second-order valence-corrected chi connectivity index (χ2v) is 6.91. The highest BCUT2D eigenvalue weighted by Gasteiger charge is 2.22. The number of hydrogen-bond acceptors (Lipinski definition) is 5. The molecule has 3 N–H and O–H groups in total. The van der Waals surface area contributed by atoms with E-state index in [2.05, 4.69) is 10.6 Å². The van der Waals surface area contributed by atoms with Gasteiger partial charge in [0.2, 0.25) is 5.91 Å². The summed E-state index contributed by atoms with van der Waals surface area (Å²) >= 11 is 1.57. The number of carbonyl (C=O) groups is 3. The van der Waals surface area contributed by atoms with Crippen molar-refractivity contribution in [3.63, 3.8) is 0 Å². The molecule has 2 rings (SSSR count). The number of benzene rings is 1. The van der Waals surface area contributed by atoms with Gasteiger partial charge in [-0.2, -0.15) is 11.8 Å². The van der Waals surface area contributed by atoms with Gasteiger partial charge < -0.3 is 20.5 Å². The highest BCUT2D eigenvalue weighted by molar-refractivity contribution is 7.99. The molecule has 136 valence electrons. The number of alkyl carbamates (subject to hydrolysis) is 1. The Hall–Kier alpha value is -2.22. The number of thioether (sulfide) groups is 1. The lowest BCUT2D eigenvalue weighted by molar-refractivity contribution is -0.139. The normalized spacial score (nSPS) is 17.6. The number of hydrogen-bond donors (Lipinski definition) is 3. The molecule has 8 heteroatoms. The number of aliphatic carboxylic acids is 1. The third-order valence-electron chi connectivity index (χ3n) is 3.76. The Morgan fingerprint density at radius 3 is 2.76 bits per heavy atom. The van der Waals surface area contributed by atoms with Crippen LogP contribution in [-0.2, 0) is 20.9 Å². The van der Waals surface area contributed by atoms with Gasteiger partial charge in [0, 0.05) is 18.2 Å². The minimum atomic E-state index is -1.09. The standard InChI is InChI=1S/C17H22N2O5S/c20-15-7-6-13(18-15)11-25-9-8-14(16(21)22)19-17(23)24-10-12-4-2-1-3-5-12/h1-5,13-14H,6-11H2,(H,18,20)(H,19,23)(H,21,22). The fourth-order valence-corrected chi connectivity index (χ4v) is 3.50. The number of rotatable bonds is 9. The lowest BCUT2D eigenvalue weighted by Crippen LogP contribution is -2.41. The molecule has 7 nitrogen and oxygen atoms in total.